The lowest BCUT2D eigenvalue weighted by molar-refractivity contribution is 0.281. The monoisotopic (exact) mass is 292 g/mol. The normalized spacial score (nSPS) is 17.7. The summed E-state index contributed by atoms with van der Waals surface area (Å²) in [6.45, 7) is 3.82. The number of rotatable bonds is 4. The summed E-state index contributed by atoms with van der Waals surface area (Å²) in [5.41, 5.74) is 0.790. The Morgan fingerprint density at radius 2 is 1.81 bits per heavy atom. The van der Waals surface area contributed by atoms with Crippen LogP contribution in [-0.4, -0.2) is 51.1 Å². The molecule has 1 aliphatic heterocycles. The van der Waals surface area contributed by atoms with E-state index in [1.54, 1.807) is 0 Å². The van der Waals surface area contributed by atoms with Gasteiger partial charge in [0.05, 0.1) is 6.61 Å². The standard InChI is InChI=1S/C13H20N6O2/c1-9(8-20)14-12-13(19-6-4-2-3-5-7-19)16-11-10(15-12)17-21-18-11/h9,20H,2-8H2,1H3,(H,14,15,17). The maximum Gasteiger partial charge on any atom is 0.245 e. The molecule has 1 unspecified atom stereocenters. The zero-order chi connectivity index (χ0) is 14.7. The van der Waals surface area contributed by atoms with Crippen LogP contribution in [0.5, 0.6) is 0 Å². The van der Waals surface area contributed by atoms with Crippen molar-refractivity contribution in [2.24, 2.45) is 0 Å². The molecule has 0 aromatic carbocycles. The highest BCUT2D eigenvalue weighted by molar-refractivity contribution is 5.74. The molecule has 0 bridgehead atoms. The van der Waals surface area contributed by atoms with Crippen molar-refractivity contribution in [3.05, 3.63) is 0 Å². The molecule has 3 rings (SSSR count). The lowest BCUT2D eigenvalue weighted by Crippen LogP contribution is -2.28. The molecule has 0 spiro atoms. The van der Waals surface area contributed by atoms with Crippen molar-refractivity contribution < 1.29 is 9.74 Å². The third kappa shape index (κ3) is 3.05. The number of nitrogens with zero attached hydrogens (tertiary/aromatic N) is 5. The molecule has 2 aromatic rings. The number of hydrogen-bond acceptors (Lipinski definition) is 8. The predicted octanol–water partition coefficient (Wildman–Crippen LogP) is 1.19. The number of anilines is 2. The van der Waals surface area contributed by atoms with Crippen LogP contribution in [0.4, 0.5) is 11.6 Å². The molecule has 2 N–H and O–H groups in total. The largest absolute Gasteiger partial charge is 0.394 e. The zero-order valence-electron chi connectivity index (χ0n) is 12.1. The van der Waals surface area contributed by atoms with Crippen LogP contribution in [0.25, 0.3) is 11.3 Å². The van der Waals surface area contributed by atoms with Crippen molar-refractivity contribution >= 4 is 22.9 Å². The minimum Gasteiger partial charge on any atom is -0.394 e. The van der Waals surface area contributed by atoms with Gasteiger partial charge in [-0.05, 0) is 30.1 Å². The van der Waals surface area contributed by atoms with Crippen LogP contribution in [-0.2, 0) is 0 Å². The van der Waals surface area contributed by atoms with Crippen LogP contribution >= 0.6 is 0 Å². The Labute approximate surface area is 122 Å². The summed E-state index contributed by atoms with van der Waals surface area (Å²) in [4.78, 5) is 11.2. The maximum absolute atomic E-state index is 9.24. The maximum atomic E-state index is 9.24. The number of fused-ring (bicyclic) bond motifs is 1. The highest BCUT2D eigenvalue weighted by Crippen LogP contribution is 2.26. The van der Waals surface area contributed by atoms with Crippen LogP contribution in [0.2, 0.25) is 0 Å². The Hall–Kier alpha value is -1.96. The average Bonchev–Trinajstić information content (AvgIpc) is 2.78. The summed E-state index contributed by atoms with van der Waals surface area (Å²) in [6, 6.07) is -0.109. The van der Waals surface area contributed by atoms with E-state index < -0.39 is 0 Å². The molecule has 0 aliphatic carbocycles. The van der Waals surface area contributed by atoms with E-state index in [4.69, 9.17) is 4.63 Å². The van der Waals surface area contributed by atoms with Crippen molar-refractivity contribution in [1.82, 2.24) is 20.3 Å². The molecule has 1 fully saturated rings. The smallest absolute Gasteiger partial charge is 0.245 e. The van der Waals surface area contributed by atoms with E-state index in [-0.39, 0.29) is 12.6 Å². The van der Waals surface area contributed by atoms with Gasteiger partial charge in [-0.3, -0.25) is 0 Å². The van der Waals surface area contributed by atoms with Gasteiger partial charge in [0, 0.05) is 19.1 Å². The van der Waals surface area contributed by atoms with Crippen molar-refractivity contribution in [2.45, 2.75) is 38.6 Å². The molecule has 8 nitrogen and oxygen atoms in total. The van der Waals surface area contributed by atoms with Crippen LogP contribution in [0.1, 0.15) is 32.6 Å². The second kappa shape index (κ2) is 6.21. The third-order valence-corrected chi connectivity index (χ3v) is 3.66. The summed E-state index contributed by atoms with van der Waals surface area (Å²) in [7, 11) is 0. The number of aliphatic hydroxyl groups is 1. The minimum absolute atomic E-state index is 0.0240. The molecular formula is C13H20N6O2. The molecule has 1 saturated heterocycles. The van der Waals surface area contributed by atoms with Gasteiger partial charge in [0.15, 0.2) is 11.6 Å². The number of aromatic nitrogens is 4. The number of nitrogens with one attached hydrogen (secondary N) is 1. The van der Waals surface area contributed by atoms with E-state index in [1.165, 1.54) is 12.8 Å². The second-order valence-electron chi connectivity index (χ2n) is 5.44. The molecule has 0 radical (unpaired) electrons. The Morgan fingerprint density at radius 1 is 1.14 bits per heavy atom. The van der Waals surface area contributed by atoms with E-state index in [1.807, 2.05) is 6.92 Å². The summed E-state index contributed by atoms with van der Waals surface area (Å²) in [5.74, 6) is 1.39. The quantitative estimate of drug-likeness (QED) is 0.866. The molecule has 0 amide bonds. The van der Waals surface area contributed by atoms with Crippen LogP contribution in [0.3, 0.4) is 0 Å². The molecule has 114 valence electrons. The summed E-state index contributed by atoms with van der Waals surface area (Å²) in [6.07, 6.45) is 4.78. The molecule has 0 saturated carbocycles. The second-order valence-corrected chi connectivity index (χ2v) is 5.44. The lowest BCUT2D eigenvalue weighted by atomic mass is 10.2. The fourth-order valence-corrected chi connectivity index (χ4v) is 2.51. The van der Waals surface area contributed by atoms with Gasteiger partial charge < -0.3 is 15.3 Å². The highest BCUT2D eigenvalue weighted by Gasteiger charge is 2.20. The van der Waals surface area contributed by atoms with E-state index >= 15 is 0 Å². The SMILES string of the molecule is CC(CO)Nc1nc2nonc2nc1N1CCCCCC1. The van der Waals surface area contributed by atoms with E-state index in [2.05, 4.69) is 30.5 Å². The lowest BCUT2D eigenvalue weighted by Gasteiger charge is -2.24. The average molecular weight is 292 g/mol. The van der Waals surface area contributed by atoms with Crippen molar-refractivity contribution in [3.8, 4) is 0 Å². The van der Waals surface area contributed by atoms with Gasteiger partial charge in [-0.1, -0.05) is 12.8 Å². The molecule has 3 heterocycles. The van der Waals surface area contributed by atoms with Gasteiger partial charge in [0.2, 0.25) is 11.3 Å². The molecule has 21 heavy (non-hydrogen) atoms. The van der Waals surface area contributed by atoms with E-state index in [0.717, 1.165) is 31.7 Å². The topological polar surface area (TPSA) is 100 Å². The first-order chi connectivity index (χ1) is 10.3. The van der Waals surface area contributed by atoms with Crippen LogP contribution in [0.15, 0.2) is 4.63 Å². The molecule has 1 aliphatic rings. The molecule has 8 heteroatoms. The van der Waals surface area contributed by atoms with Gasteiger partial charge in [-0.25, -0.2) is 14.6 Å². The third-order valence-electron chi connectivity index (χ3n) is 3.66. The van der Waals surface area contributed by atoms with Gasteiger partial charge in [0.1, 0.15) is 0 Å². The fourth-order valence-electron chi connectivity index (χ4n) is 2.51. The molecule has 2 aromatic heterocycles. The van der Waals surface area contributed by atoms with Gasteiger partial charge in [-0.15, -0.1) is 0 Å². The first-order valence-corrected chi connectivity index (χ1v) is 7.40. The van der Waals surface area contributed by atoms with E-state index in [0.29, 0.717) is 17.1 Å². The number of hydrogen-bond donors (Lipinski definition) is 2. The predicted molar refractivity (Wildman–Crippen MR) is 78.2 cm³/mol. The Balaban J connectivity index is 1.97. The minimum atomic E-state index is -0.109. The first kappa shape index (κ1) is 14.0. The zero-order valence-corrected chi connectivity index (χ0v) is 12.1. The fraction of sp³-hybridized carbons (Fsp3) is 0.692. The van der Waals surface area contributed by atoms with Crippen molar-refractivity contribution in [2.75, 3.05) is 29.9 Å². The van der Waals surface area contributed by atoms with E-state index in [9.17, 15) is 5.11 Å². The summed E-state index contributed by atoms with van der Waals surface area (Å²) >= 11 is 0. The van der Waals surface area contributed by atoms with Crippen LogP contribution in [0, 0.1) is 0 Å². The van der Waals surface area contributed by atoms with Gasteiger partial charge in [-0.2, -0.15) is 0 Å². The molecule has 1 atom stereocenters. The van der Waals surface area contributed by atoms with Crippen molar-refractivity contribution in [1.29, 1.82) is 0 Å². The first-order valence-electron chi connectivity index (χ1n) is 7.40. The summed E-state index contributed by atoms with van der Waals surface area (Å²) < 4.78 is 4.70. The van der Waals surface area contributed by atoms with Crippen LogP contribution < -0.4 is 10.2 Å². The van der Waals surface area contributed by atoms with Gasteiger partial charge in [0.25, 0.3) is 0 Å². The Kier molecular flexibility index (Phi) is 4.14. The Bertz CT molecular complexity index is 593. The molecular weight excluding hydrogens is 272 g/mol. The highest BCUT2D eigenvalue weighted by atomic mass is 16.6. The van der Waals surface area contributed by atoms with Gasteiger partial charge >= 0.3 is 0 Å². The summed E-state index contributed by atoms with van der Waals surface area (Å²) in [5, 5.41) is 19.9. The Morgan fingerprint density at radius 3 is 2.48 bits per heavy atom. The number of aliphatic hydroxyl groups excluding tert-OH is 1. The van der Waals surface area contributed by atoms with Crippen molar-refractivity contribution in [3.63, 3.8) is 0 Å².